The molecule has 6 nitrogen and oxygen atoms in total. The van der Waals surface area contributed by atoms with Crippen LogP contribution in [-0.4, -0.2) is 17.7 Å². The van der Waals surface area contributed by atoms with E-state index < -0.39 is 11.9 Å². The van der Waals surface area contributed by atoms with E-state index >= 15 is 0 Å². The molecule has 0 fully saturated rings. The molecule has 0 saturated heterocycles. The molecule has 0 aliphatic heterocycles. The van der Waals surface area contributed by atoms with Gasteiger partial charge in [0.25, 0.3) is 5.91 Å². The van der Waals surface area contributed by atoms with Gasteiger partial charge in [0.05, 0.1) is 5.69 Å². The van der Waals surface area contributed by atoms with Crippen LogP contribution in [0.25, 0.3) is 6.08 Å². The van der Waals surface area contributed by atoms with Crippen molar-refractivity contribution in [2.75, 3.05) is 5.32 Å². The van der Waals surface area contributed by atoms with Crippen LogP contribution < -0.4 is 10.1 Å². The van der Waals surface area contributed by atoms with Crippen molar-refractivity contribution in [3.05, 3.63) is 65.2 Å². The van der Waals surface area contributed by atoms with Gasteiger partial charge in [-0.25, -0.2) is 0 Å². The molecule has 0 aliphatic rings. The summed E-state index contributed by atoms with van der Waals surface area (Å²) in [4.78, 5) is 35.0. The molecule has 0 aliphatic carbocycles. The van der Waals surface area contributed by atoms with Crippen molar-refractivity contribution >= 4 is 29.4 Å². The molecule has 0 aromatic heterocycles. The van der Waals surface area contributed by atoms with Gasteiger partial charge in [0.2, 0.25) is 0 Å². The fourth-order valence-corrected chi connectivity index (χ4v) is 2.24. The largest absolute Gasteiger partial charge is 0.427 e. The minimum Gasteiger partial charge on any atom is -0.427 e. The van der Waals surface area contributed by atoms with Gasteiger partial charge in [-0.1, -0.05) is 24.3 Å². The van der Waals surface area contributed by atoms with Gasteiger partial charge in [0, 0.05) is 12.5 Å². The highest BCUT2D eigenvalue weighted by atomic mass is 16.5. The number of carbonyl (C=O) groups is 3. The summed E-state index contributed by atoms with van der Waals surface area (Å²) in [5.41, 5.74) is 1.06. The van der Waals surface area contributed by atoms with E-state index in [0.717, 1.165) is 0 Å². The van der Waals surface area contributed by atoms with Gasteiger partial charge >= 0.3 is 5.97 Å². The first-order valence-electron chi connectivity index (χ1n) is 7.72. The van der Waals surface area contributed by atoms with E-state index in [1.165, 1.54) is 26.0 Å². The lowest BCUT2D eigenvalue weighted by Gasteiger charge is -2.08. The normalized spacial score (nSPS) is 10.6. The van der Waals surface area contributed by atoms with E-state index in [4.69, 9.17) is 4.74 Å². The van der Waals surface area contributed by atoms with Crippen molar-refractivity contribution in [1.82, 2.24) is 0 Å². The van der Waals surface area contributed by atoms with Gasteiger partial charge in [0.15, 0.2) is 5.78 Å². The highest BCUT2D eigenvalue weighted by Crippen LogP contribution is 2.19. The Kier molecular flexibility index (Phi) is 6.01. The minimum absolute atomic E-state index is 0.150. The summed E-state index contributed by atoms with van der Waals surface area (Å²) in [6.45, 7) is 2.68. The molecule has 0 spiro atoms. The maximum atomic E-state index is 12.4. The van der Waals surface area contributed by atoms with E-state index in [0.29, 0.717) is 22.6 Å². The molecule has 130 valence electrons. The number of nitriles is 1. The Balaban J connectivity index is 2.27. The summed E-state index contributed by atoms with van der Waals surface area (Å²) in [5, 5.41) is 11.9. The molecule has 6 heteroatoms. The van der Waals surface area contributed by atoms with Crippen molar-refractivity contribution < 1.29 is 19.1 Å². The van der Waals surface area contributed by atoms with Crippen LogP contribution in [0.3, 0.4) is 0 Å². The molecule has 0 saturated carbocycles. The zero-order valence-electron chi connectivity index (χ0n) is 14.3. The first-order valence-corrected chi connectivity index (χ1v) is 7.72. The number of ketones is 1. The molecule has 1 amide bonds. The third-order valence-corrected chi connectivity index (χ3v) is 3.35. The van der Waals surface area contributed by atoms with Gasteiger partial charge < -0.3 is 10.1 Å². The maximum absolute atomic E-state index is 12.4. The van der Waals surface area contributed by atoms with Crippen molar-refractivity contribution in [2.24, 2.45) is 0 Å². The predicted molar refractivity (Wildman–Crippen MR) is 96.4 cm³/mol. The molecule has 0 heterocycles. The number of ether oxygens (including phenoxy) is 1. The van der Waals surface area contributed by atoms with Crippen LogP contribution in [-0.2, 0) is 9.59 Å². The van der Waals surface area contributed by atoms with E-state index in [1.54, 1.807) is 42.5 Å². The zero-order valence-corrected chi connectivity index (χ0v) is 14.3. The Morgan fingerprint density at radius 2 is 1.81 bits per heavy atom. The lowest BCUT2D eigenvalue weighted by Crippen LogP contribution is -2.15. The fraction of sp³-hybridized carbons (Fsp3) is 0.100. The minimum atomic E-state index is -0.640. The summed E-state index contributed by atoms with van der Waals surface area (Å²) in [6, 6.07) is 14.8. The van der Waals surface area contributed by atoms with E-state index in [1.807, 2.05) is 6.07 Å². The predicted octanol–water partition coefficient (Wildman–Crippen LogP) is 3.36. The van der Waals surface area contributed by atoms with Gasteiger partial charge in [-0.15, -0.1) is 0 Å². The van der Waals surface area contributed by atoms with Crippen LogP contribution >= 0.6 is 0 Å². The SMILES string of the molecule is CC(=O)Oc1cccc(/C=C(/C#N)C(=O)Nc2ccccc2C(C)=O)c1. The number of carbonyl (C=O) groups excluding carboxylic acids is 3. The Bertz CT molecular complexity index is 939. The average Bonchev–Trinajstić information content (AvgIpc) is 2.59. The Morgan fingerprint density at radius 3 is 2.46 bits per heavy atom. The van der Waals surface area contributed by atoms with Crippen LogP contribution in [0.5, 0.6) is 5.75 Å². The van der Waals surface area contributed by atoms with Crippen LogP contribution in [0, 0.1) is 11.3 Å². The number of Topliss-reactive ketones (excluding diaryl/α,β-unsaturated/α-hetero) is 1. The molecular formula is C20H16N2O4. The van der Waals surface area contributed by atoms with Crippen LogP contribution in [0.2, 0.25) is 0 Å². The second-order valence-electron chi connectivity index (χ2n) is 5.39. The molecule has 0 atom stereocenters. The summed E-state index contributed by atoms with van der Waals surface area (Å²) in [6.07, 6.45) is 1.37. The van der Waals surface area contributed by atoms with Crippen molar-refractivity contribution in [1.29, 1.82) is 5.26 Å². The second kappa shape index (κ2) is 8.40. The fourth-order valence-electron chi connectivity index (χ4n) is 2.24. The summed E-state index contributed by atoms with van der Waals surface area (Å²) in [5.74, 6) is -0.993. The maximum Gasteiger partial charge on any atom is 0.308 e. The number of para-hydroxylation sites is 1. The Labute approximate surface area is 150 Å². The quantitative estimate of drug-likeness (QED) is 0.294. The third kappa shape index (κ3) is 4.89. The summed E-state index contributed by atoms with van der Waals surface area (Å²) >= 11 is 0. The average molecular weight is 348 g/mol. The van der Waals surface area contributed by atoms with Crippen LogP contribution in [0.1, 0.15) is 29.8 Å². The van der Waals surface area contributed by atoms with Gasteiger partial charge in [-0.3, -0.25) is 14.4 Å². The first-order chi connectivity index (χ1) is 12.4. The molecule has 2 aromatic rings. The summed E-state index contributed by atoms with van der Waals surface area (Å²) in [7, 11) is 0. The molecule has 2 rings (SSSR count). The highest BCUT2D eigenvalue weighted by molar-refractivity contribution is 6.12. The lowest BCUT2D eigenvalue weighted by molar-refractivity contribution is -0.131. The highest BCUT2D eigenvalue weighted by Gasteiger charge is 2.13. The molecular weight excluding hydrogens is 332 g/mol. The van der Waals surface area contributed by atoms with Crippen LogP contribution in [0.4, 0.5) is 5.69 Å². The number of benzene rings is 2. The van der Waals surface area contributed by atoms with E-state index in [9.17, 15) is 19.6 Å². The number of nitrogens with one attached hydrogen (secondary N) is 1. The van der Waals surface area contributed by atoms with E-state index in [2.05, 4.69) is 5.32 Å². The van der Waals surface area contributed by atoms with Gasteiger partial charge in [0.1, 0.15) is 17.4 Å². The number of esters is 1. The van der Waals surface area contributed by atoms with Gasteiger partial charge in [-0.2, -0.15) is 5.26 Å². The van der Waals surface area contributed by atoms with Gasteiger partial charge in [-0.05, 0) is 42.8 Å². The number of anilines is 1. The summed E-state index contributed by atoms with van der Waals surface area (Å²) < 4.78 is 4.98. The Morgan fingerprint density at radius 1 is 1.08 bits per heavy atom. The zero-order chi connectivity index (χ0) is 19.1. The smallest absolute Gasteiger partial charge is 0.308 e. The third-order valence-electron chi connectivity index (χ3n) is 3.35. The van der Waals surface area contributed by atoms with Crippen molar-refractivity contribution in [3.63, 3.8) is 0 Å². The lowest BCUT2D eigenvalue weighted by atomic mass is 10.1. The number of hydrogen-bond acceptors (Lipinski definition) is 5. The number of hydrogen-bond donors (Lipinski definition) is 1. The Hall–Kier alpha value is -3.72. The van der Waals surface area contributed by atoms with Crippen molar-refractivity contribution in [2.45, 2.75) is 13.8 Å². The molecule has 1 N–H and O–H groups in total. The second-order valence-corrected chi connectivity index (χ2v) is 5.39. The first kappa shape index (κ1) is 18.6. The topological polar surface area (TPSA) is 96.3 Å². The standard InChI is InChI=1S/C20H16N2O4/c1-13(23)18-8-3-4-9-19(18)22-20(25)16(12-21)10-15-6-5-7-17(11-15)26-14(2)24/h3-11H,1-2H3,(H,22,25)/b16-10-. The molecule has 0 unspecified atom stereocenters. The monoisotopic (exact) mass is 348 g/mol. The molecule has 26 heavy (non-hydrogen) atoms. The van der Waals surface area contributed by atoms with Crippen LogP contribution in [0.15, 0.2) is 54.1 Å². The number of amides is 1. The van der Waals surface area contributed by atoms with E-state index in [-0.39, 0.29) is 11.4 Å². The molecule has 0 bridgehead atoms. The number of nitrogens with zero attached hydrogens (tertiary/aromatic N) is 1. The van der Waals surface area contributed by atoms with Crippen molar-refractivity contribution in [3.8, 4) is 11.8 Å². The number of rotatable bonds is 5. The molecule has 0 radical (unpaired) electrons. The molecule has 2 aromatic carbocycles.